The Hall–Kier alpha value is -3.63. The normalized spacial score (nSPS) is 13.1. The summed E-state index contributed by atoms with van der Waals surface area (Å²) < 4.78 is 0. The molecule has 1 aliphatic carbocycles. The number of aryl methyl sites for hydroxylation is 2. The fraction of sp³-hybridized carbons (Fsp3) is 0.161. The van der Waals surface area contributed by atoms with Crippen LogP contribution in [-0.2, 0) is 19.3 Å². The molecular formula is C31H27NO2S. The Labute approximate surface area is 210 Å². The lowest BCUT2D eigenvalue weighted by Gasteiger charge is -2.22. The van der Waals surface area contributed by atoms with Gasteiger partial charge in [0, 0.05) is 37.7 Å². The van der Waals surface area contributed by atoms with Gasteiger partial charge in [-0.25, -0.2) is 0 Å². The second-order valence-electron chi connectivity index (χ2n) is 8.85. The van der Waals surface area contributed by atoms with Crippen LogP contribution in [0.1, 0.15) is 67.9 Å². The van der Waals surface area contributed by atoms with Crippen LogP contribution in [0, 0.1) is 0 Å². The number of rotatable bonds is 2. The van der Waals surface area contributed by atoms with Crippen LogP contribution in [0.15, 0.2) is 88.7 Å². The number of hydrogen-bond donors (Lipinski definition) is 1. The highest BCUT2D eigenvalue weighted by Gasteiger charge is 2.29. The zero-order chi connectivity index (χ0) is 24.5. The first-order valence-corrected chi connectivity index (χ1v) is 12.8. The zero-order valence-electron chi connectivity index (χ0n) is 19.9. The first-order valence-electron chi connectivity index (χ1n) is 12.0. The molecule has 0 saturated heterocycles. The smallest absolute Gasteiger partial charge is 0.194 e. The van der Waals surface area contributed by atoms with Gasteiger partial charge in [0.2, 0.25) is 0 Å². The van der Waals surface area contributed by atoms with E-state index in [9.17, 15) is 9.59 Å². The molecule has 0 atom stereocenters. The molecule has 4 aromatic carbocycles. The molecule has 6 rings (SSSR count). The summed E-state index contributed by atoms with van der Waals surface area (Å²) in [4.78, 5) is 27.3. The molecule has 2 aliphatic rings. The molecule has 0 unspecified atom stereocenters. The summed E-state index contributed by atoms with van der Waals surface area (Å²) in [5.41, 5.74) is 13.9. The number of nitrogens with two attached hydrogens (primary N) is 1. The predicted molar refractivity (Wildman–Crippen MR) is 143 cm³/mol. The minimum atomic E-state index is -0.137. The lowest BCUT2D eigenvalue weighted by atomic mass is 9.84. The molecule has 0 saturated carbocycles. The van der Waals surface area contributed by atoms with Crippen LogP contribution in [0.4, 0.5) is 5.69 Å². The third kappa shape index (κ3) is 4.30. The fourth-order valence-corrected chi connectivity index (χ4v) is 5.97. The van der Waals surface area contributed by atoms with Gasteiger partial charge in [-0.2, -0.15) is 0 Å². The largest absolute Gasteiger partial charge is 0.399 e. The molecule has 0 fully saturated rings. The van der Waals surface area contributed by atoms with Gasteiger partial charge >= 0.3 is 0 Å². The monoisotopic (exact) mass is 477 g/mol. The highest BCUT2D eigenvalue weighted by atomic mass is 32.2. The Morgan fingerprint density at radius 1 is 0.714 bits per heavy atom. The molecular weight excluding hydrogens is 450 g/mol. The lowest BCUT2D eigenvalue weighted by Crippen LogP contribution is -2.20. The van der Waals surface area contributed by atoms with Gasteiger partial charge in [-0.1, -0.05) is 80.2 Å². The number of ketones is 2. The number of hydrogen-bond acceptors (Lipinski definition) is 4. The van der Waals surface area contributed by atoms with Gasteiger partial charge in [0.05, 0.1) is 0 Å². The van der Waals surface area contributed by atoms with E-state index in [1.807, 2.05) is 11.8 Å². The minimum Gasteiger partial charge on any atom is -0.399 e. The second kappa shape index (κ2) is 9.55. The third-order valence-corrected chi connectivity index (χ3v) is 7.95. The van der Waals surface area contributed by atoms with E-state index in [1.54, 1.807) is 42.5 Å². The number of anilines is 1. The van der Waals surface area contributed by atoms with Crippen LogP contribution in [0.25, 0.3) is 0 Å². The number of carbonyl (C=O) groups excluding carboxylic acids is 2. The number of benzene rings is 4. The summed E-state index contributed by atoms with van der Waals surface area (Å²) in [7, 11) is 0. The molecule has 0 bridgehead atoms. The Kier molecular flexibility index (Phi) is 6.31. The highest BCUT2D eigenvalue weighted by Crippen LogP contribution is 2.42. The Morgan fingerprint density at radius 3 is 2.09 bits per heavy atom. The van der Waals surface area contributed by atoms with Crippen LogP contribution >= 0.6 is 11.8 Å². The van der Waals surface area contributed by atoms with Crippen molar-refractivity contribution in [2.75, 3.05) is 5.73 Å². The zero-order valence-corrected chi connectivity index (χ0v) is 20.7. The van der Waals surface area contributed by atoms with Crippen molar-refractivity contribution < 1.29 is 9.59 Å². The van der Waals surface area contributed by atoms with Gasteiger partial charge in [-0.05, 0) is 65.8 Å². The molecule has 174 valence electrons. The molecule has 2 N–H and O–H groups in total. The average Bonchev–Trinajstić information content (AvgIpc) is 2.90. The minimum absolute atomic E-state index is 0.116. The second-order valence-corrected chi connectivity index (χ2v) is 9.90. The van der Waals surface area contributed by atoms with Crippen molar-refractivity contribution >= 4 is 29.0 Å². The standard InChI is InChI=1S/C17H18S.C14H9NO2/c1-3-12-9-13(4-2)17-15(10-12)11-14-7-5-6-8-16(14)18-17;15-8-5-6-11-12(7-8)14(17)10-4-2-1-3-9(10)13(11)16/h5-10H,3-4,11H2,1-2H3;1-7H,15H2. The summed E-state index contributed by atoms with van der Waals surface area (Å²) in [6, 6.07) is 25.2. The van der Waals surface area contributed by atoms with E-state index in [2.05, 4.69) is 50.2 Å². The van der Waals surface area contributed by atoms with Crippen LogP contribution < -0.4 is 5.73 Å². The molecule has 35 heavy (non-hydrogen) atoms. The van der Waals surface area contributed by atoms with Gasteiger partial charge in [0.15, 0.2) is 11.6 Å². The summed E-state index contributed by atoms with van der Waals surface area (Å²) in [5.74, 6) is -0.252. The SMILES string of the molecule is CCc1cc(CC)c2c(c1)Cc1ccccc1S2.Nc1ccc2c(c1)C(=O)c1ccccc1C2=O. The van der Waals surface area contributed by atoms with Gasteiger partial charge in [0.1, 0.15) is 0 Å². The predicted octanol–water partition coefficient (Wildman–Crippen LogP) is 6.91. The van der Waals surface area contributed by atoms with Crippen LogP contribution in [0.2, 0.25) is 0 Å². The van der Waals surface area contributed by atoms with E-state index in [0.29, 0.717) is 27.9 Å². The molecule has 1 heterocycles. The highest BCUT2D eigenvalue weighted by molar-refractivity contribution is 7.99. The molecule has 1 aliphatic heterocycles. The first kappa shape index (κ1) is 23.1. The van der Waals surface area contributed by atoms with Crippen LogP contribution in [-0.4, -0.2) is 11.6 Å². The maximum Gasteiger partial charge on any atom is 0.194 e. The van der Waals surface area contributed by atoms with Gasteiger partial charge in [0.25, 0.3) is 0 Å². The van der Waals surface area contributed by atoms with E-state index >= 15 is 0 Å². The van der Waals surface area contributed by atoms with Crippen molar-refractivity contribution in [2.24, 2.45) is 0 Å². The molecule has 0 amide bonds. The molecule has 4 aromatic rings. The summed E-state index contributed by atoms with van der Waals surface area (Å²) >= 11 is 1.95. The van der Waals surface area contributed by atoms with E-state index in [1.165, 1.54) is 32.0 Å². The first-order chi connectivity index (χ1) is 17.0. The van der Waals surface area contributed by atoms with Crippen molar-refractivity contribution in [3.8, 4) is 0 Å². The van der Waals surface area contributed by atoms with Gasteiger partial charge in [-0.3, -0.25) is 9.59 Å². The quantitative estimate of drug-likeness (QED) is 0.275. The van der Waals surface area contributed by atoms with E-state index in [-0.39, 0.29) is 11.6 Å². The maximum absolute atomic E-state index is 12.2. The van der Waals surface area contributed by atoms with E-state index < -0.39 is 0 Å². The molecule has 0 spiro atoms. The number of carbonyl (C=O) groups is 2. The summed E-state index contributed by atoms with van der Waals surface area (Å²) in [5, 5.41) is 0. The molecule has 0 aromatic heterocycles. The summed E-state index contributed by atoms with van der Waals surface area (Å²) in [6.07, 6.45) is 3.36. The van der Waals surface area contributed by atoms with Crippen LogP contribution in [0.3, 0.4) is 0 Å². The summed E-state index contributed by atoms with van der Waals surface area (Å²) in [6.45, 7) is 4.50. The number of fused-ring (bicyclic) bond motifs is 4. The van der Waals surface area contributed by atoms with E-state index in [0.717, 1.165) is 19.3 Å². The Morgan fingerprint density at radius 2 is 1.37 bits per heavy atom. The molecule has 0 radical (unpaired) electrons. The molecule has 4 heteroatoms. The van der Waals surface area contributed by atoms with E-state index in [4.69, 9.17) is 5.73 Å². The third-order valence-electron chi connectivity index (χ3n) is 6.61. The lowest BCUT2D eigenvalue weighted by molar-refractivity contribution is 0.0979. The van der Waals surface area contributed by atoms with Gasteiger partial charge < -0.3 is 5.73 Å². The van der Waals surface area contributed by atoms with Crippen molar-refractivity contribution in [3.63, 3.8) is 0 Å². The number of nitrogen functional groups attached to an aromatic ring is 1. The van der Waals surface area contributed by atoms with Crippen molar-refractivity contribution in [2.45, 2.75) is 42.9 Å². The Bertz CT molecular complexity index is 1470. The average molecular weight is 478 g/mol. The van der Waals surface area contributed by atoms with Crippen LogP contribution in [0.5, 0.6) is 0 Å². The molecule has 3 nitrogen and oxygen atoms in total. The maximum atomic E-state index is 12.2. The van der Waals surface area contributed by atoms with Crippen molar-refractivity contribution in [3.05, 3.63) is 123 Å². The van der Waals surface area contributed by atoms with Crippen molar-refractivity contribution in [1.82, 2.24) is 0 Å². The Balaban J connectivity index is 0.000000145. The van der Waals surface area contributed by atoms with Gasteiger partial charge in [-0.15, -0.1) is 0 Å². The fourth-order valence-electron chi connectivity index (χ4n) is 4.74. The topological polar surface area (TPSA) is 60.2 Å². The van der Waals surface area contributed by atoms with Crippen molar-refractivity contribution in [1.29, 1.82) is 0 Å².